The van der Waals surface area contributed by atoms with Gasteiger partial charge in [-0.25, -0.2) is 0 Å². The Bertz CT molecular complexity index is 523. The molecule has 2 aromatic rings. The average molecular weight is 331 g/mol. The van der Waals surface area contributed by atoms with Crippen molar-refractivity contribution in [1.82, 2.24) is 0 Å². The summed E-state index contributed by atoms with van der Waals surface area (Å²) in [6.45, 7) is 0. The van der Waals surface area contributed by atoms with Crippen LogP contribution in [0.5, 0.6) is 0 Å². The van der Waals surface area contributed by atoms with Crippen LogP contribution in [0.1, 0.15) is 17.0 Å². The molecular weight excluding hydrogens is 318 g/mol. The Morgan fingerprint density at radius 2 is 1.37 bits per heavy atom. The van der Waals surface area contributed by atoms with Gasteiger partial charge in [-0.3, -0.25) is 4.57 Å². The second-order valence-corrected chi connectivity index (χ2v) is 11.6. The van der Waals surface area contributed by atoms with Gasteiger partial charge in [-0.2, -0.15) is 0 Å². The molecule has 2 rings (SSSR count). The summed E-state index contributed by atoms with van der Waals surface area (Å²) in [7, 11) is 6.37. The maximum absolute atomic E-state index is 12.1. The summed E-state index contributed by atoms with van der Waals surface area (Å²) in [6.07, 6.45) is 0.344. The molecule has 1 nitrogen and oxygen atoms in total. The van der Waals surface area contributed by atoms with Crippen LogP contribution in [0.25, 0.3) is 0 Å². The highest BCUT2D eigenvalue weighted by molar-refractivity contribution is 8.74. The van der Waals surface area contributed by atoms with Crippen LogP contribution in [0.2, 0.25) is 0 Å². The van der Waals surface area contributed by atoms with Crippen LogP contribution in [-0.4, -0.2) is 6.16 Å². The minimum absolute atomic E-state index is 0.00279. The number of benzene rings is 2. The number of hydrogen-bond donors (Lipinski definition) is 0. The lowest BCUT2D eigenvalue weighted by Gasteiger charge is -2.19. The van der Waals surface area contributed by atoms with Crippen molar-refractivity contribution in [3.05, 3.63) is 71.8 Å². The minimum Gasteiger partial charge on any atom is -0.294 e. The molecule has 2 aromatic carbocycles. The SMILES string of the molecule is O=P(Cl)(CC(c1ccccc1)c1ccccc1)SCl. The highest BCUT2D eigenvalue weighted by atomic mass is 35.8. The Kier molecular flexibility index (Phi) is 5.41. The van der Waals surface area contributed by atoms with Crippen molar-refractivity contribution in [2.24, 2.45) is 0 Å². The lowest BCUT2D eigenvalue weighted by molar-refractivity contribution is 0.591. The van der Waals surface area contributed by atoms with Crippen LogP contribution in [0.4, 0.5) is 0 Å². The van der Waals surface area contributed by atoms with E-state index in [1.54, 1.807) is 0 Å². The Hall–Kier alpha value is -0.400. The topological polar surface area (TPSA) is 17.1 Å². The van der Waals surface area contributed by atoms with Crippen LogP contribution in [0.15, 0.2) is 60.7 Å². The fourth-order valence-corrected chi connectivity index (χ4v) is 4.47. The maximum Gasteiger partial charge on any atom is 0.237 e. The summed E-state index contributed by atoms with van der Waals surface area (Å²) >= 11 is 6.00. The van der Waals surface area contributed by atoms with Crippen LogP contribution >= 0.6 is 38.2 Å². The van der Waals surface area contributed by atoms with Gasteiger partial charge in [-0.15, -0.1) is 0 Å². The zero-order chi connectivity index (χ0) is 13.7. The van der Waals surface area contributed by atoms with E-state index in [4.69, 9.17) is 21.9 Å². The largest absolute Gasteiger partial charge is 0.294 e. The van der Waals surface area contributed by atoms with E-state index in [0.29, 0.717) is 6.16 Å². The molecule has 0 aliphatic rings. The fourth-order valence-electron chi connectivity index (χ4n) is 2.02. The van der Waals surface area contributed by atoms with Crippen LogP contribution < -0.4 is 0 Å². The molecule has 0 aliphatic carbocycles. The van der Waals surface area contributed by atoms with Crippen LogP contribution in [-0.2, 0) is 4.57 Å². The number of halogens is 2. The molecule has 0 aliphatic heterocycles. The third-order valence-corrected chi connectivity index (χ3v) is 8.66. The van der Waals surface area contributed by atoms with Gasteiger partial charge in [0.25, 0.3) is 0 Å². The van der Waals surface area contributed by atoms with Crippen molar-refractivity contribution in [3.63, 3.8) is 0 Å². The van der Waals surface area contributed by atoms with E-state index >= 15 is 0 Å². The predicted octanol–water partition coefficient (Wildman–Crippen LogP) is 6.14. The molecule has 0 spiro atoms. The monoisotopic (exact) mass is 330 g/mol. The maximum atomic E-state index is 12.1. The quantitative estimate of drug-likeness (QED) is 0.612. The molecule has 0 saturated carbocycles. The molecule has 100 valence electrons. The summed E-state index contributed by atoms with van der Waals surface area (Å²) in [5.74, 6) is -0.00279. The molecule has 0 saturated heterocycles. The van der Waals surface area contributed by atoms with Gasteiger partial charge in [0.15, 0.2) is 0 Å². The summed E-state index contributed by atoms with van der Waals surface area (Å²) in [4.78, 5) is 0. The van der Waals surface area contributed by atoms with Gasteiger partial charge < -0.3 is 0 Å². The Balaban J connectivity index is 2.37. The Morgan fingerprint density at radius 3 is 1.74 bits per heavy atom. The smallest absolute Gasteiger partial charge is 0.237 e. The zero-order valence-corrected chi connectivity index (χ0v) is 13.3. The molecular formula is C14H13Cl2OPS. The third-order valence-electron chi connectivity index (χ3n) is 2.91. The second kappa shape index (κ2) is 6.85. The molecule has 0 radical (unpaired) electrons. The fraction of sp³-hybridized carbons (Fsp3) is 0.143. The molecule has 19 heavy (non-hydrogen) atoms. The molecule has 5 heteroatoms. The highest BCUT2D eigenvalue weighted by Gasteiger charge is 2.26. The van der Waals surface area contributed by atoms with Crippen molar-refractivity contribution >= 4 is 38.2 Å². The molecule has 0 fully saturated rings. The van der Waals surface area contributed by atoms with Crippen molar-refractivity contribution in [3.8, 4) is 0 Å². The van der Waals surface area contributed by atoms with Gasteiger partial charge in [-0.1, -0.05) is 60.7 Å². The molecule has 1 unspecified atom stereocenters. The first-order valence-corrected chi connectivity index (χ1v) is 10.9. The number of rotatable bonds is 5. The first kappa shape index (κ1) is 15.0. The molecule has 1 atom stereocenters. The van der Waals surface area contributed by atoms with Gasteiger partial charge >= 0.3 is 0 Å². The zero-order valence-electron chi connectivity index (χ0n) is 10.1. The second-order valence-electron chi connectivity index (χ2n) is 4.22. The molecule has 0 bridgehead atoms. The van der Waals surface area contributed by atoms with Gasteiger partial charge in [0, 0.05) is 22.7 Å². The van der Waals surface area contributed by atoms with Crippen molar-refractivity contribution in [2.45, 2.75) is 5.92 Å². The van der Waals surface area contributed by atoms with E-state index in [2.05, 4.69) is 0 Å². The highest BCUT2D eigenvalue weighted by Crippen LogP contribution is 2.67. The van der Waals surface area contributed by atoms with E-state index in [1.165, 1.54) is 0 Å². The Labute approximate surface area is 126 Å². The normalized spacial score (nSPS) is 14.3. The van der Waals surface area contributed by atoms with Gasteiger partial charge in [0.05, 0.1) is 0 Å². The minimum atomic E-state index is -2.91. The first-order valence-electron chi connectivity index (χ1n) is 5.81. The van der Waals surface area contributed by atoms with Crippen molar-refractivity contribution in [1.29, 1.82) is 0 Å². The van der Waals surface area contributed by atoms with Gasteiger partial charge in [0.2, 0.25) is 5.70 Å². The molecule has 0 N–H and O–H groups in total. The molecule has 0 aromatic heterocycles. The van der Waals surface area contributed by atoms with E-state index < -0.39 is 5.70 Å². The predicted molar refractivity (Wildman–Crippen MR) is 86.5 cm³/mol. The summed E-state index contributed by atoms with van der Waals surface area (Å²) in [6, 6.07) is 19.9. The van der Waals surface area contributed by atoms with Crippen molar-refractivity contribution in [2.75, 3.05) is 6.16 Å². The standard InChI is InChI=1S/C14H13Cl2OPS/c15-18(17,19-16)11-14(12-7-3-1-4-8-12)13-9-5-2-6-10-13/h1-10,14H,11H2. The lowest BCUT2D eigenvalue weighted by Crippen LogP contribution is -2.04. The van der Waals surface area contributed by atoms with Crippen molar-refractivity contribution < 1.29 is 4.57 Å². The van der Waals surface area contributed by atoms with Gasteiger partial charge in [-0.05, 0) is 33.1 Å². The first-order chi connectivity index (χ1) is 9.12. The summed E-state index contributed by atoms with van der Waals surface area (Å²) in [5, 5.41) is 0. The third kappa shape index (κ3) is 4.29. The average Bonchev–Trinajstić information content (AvgIpc) is 2.47. The lowest BCUT2D eigenvalue weighted by atomic mass is 9.93. The van der Waals surface area contributed by atoms with E-state index in [9.17, 15) is 4.57 Å². The molecule has 0 amide bonds. The van der Waals surface area contributed by atoms with E-state index in [0.717, 1.165) is 21.7 Å². The van der Waals surface area contributed by atoms with Crippen LogP contribution in [0.3, 0.4) is 0 Å². The molecule has 0 heterocycles. The summed E-state index contributed by atoms with van der Waals surface area (Å²) < 4.78 is 12.1. The van der Waals surface area contributed by atoms with Crippen LogP contribution in [0, 0.1) is 0 Å². The summed E-state index contributed by atoms with van der Waals surface area (Å²) in [5.41, 5.74) is -0.711. The van der Waals surface area contributed by atoms with E-state index in [-0.39, 0.29) is 5.92 Å². The number of hydrogen-bond acceptors (Lipinski definition) is 2. The Morgan fingerprint density at radius 1 is 0.947 bits per heavy atom. The van der Waals surface area contributed by atoms with Gasteiger partial charge in [0.1, 0.15) is 0 Å². The van der Waals surface area contributed by atoms with E-state index in [1.807, 2.05) is 60.7 Å².